The largest absolute Gasteiger partial charge is 0.360 e. The second-order valence-electron chi connectivity index (χ2n) is 5.17. The lowest BCUT2D eigenvalue weighted by molar-refractivity contribution is 1.38. The van der Waals surface area contributed by atoms with E-state index in [-0.39, 0.29) is 5.43 Å². The van der Waals surface area contributed by atoms with Crippen molar-refractivity contribution >= 4 is 21.8 Å². The molecule has 22 heavy (non-hydrogen) atoms. The van der Waals surface area contributed by atoms with E-state index < -0.39 is 0 Å². The number of nitrogens with one attached hydrogen (secondary N) is 2. The Morgan fingerprint density at radius 2 is 1.82 bits per heavy atom. The summed E-state index contributed by atoms with van der Waals surface area (Å²) < 4.78 is 0. The van der Waals surface area contributed by atoms with Crippen molar-refractivity contribution < 1.29 is 0 Å². The first-order valence-corrected chi connectivity index (χ1v) is 6.90. The summed E-state index contributed by atoms with van der Waals surface area (Å²) in [5, 5.41) is 10.7. The van der Waals surface area contributed by atoms with Gasteiger partial charge in [0.2, 0.25) is 0 Å². The van der Waals surface area contributed by atoms with Crippen molar-refractivity contribution in [1.29, 1.82) is 5.26 Å². The fourth-order valence-corrected chi connectivity index (χ4v) is 2.76. The number of pyridine rings is 1. The highest BCUT2D eigenvalue weighted by molar-refractivity contribution is 5.96. The second kappa shape index (κ2) is 4.61. The molecule has 2 heterocycles. The normalized spacial score (nSPS) is 10.9. The van der Waals surface area contributed by atoms with Crippen molar-refractivity contribution in [1.82, 2.24) is 9.97 Å². The highest BCUT2D eigenvalue weighted by atomic mass is 16.1. The summed E-state index contributed by atoms with van der Waals surface area (Å²) in [6.07, 6.45) is 1.85. The summed E-state index contributed by atoms with van der Waals surface area (Å²) in [5.74, 6) is 0. The van der Waals surface area contributed by atoms with Gasteiger partial charge in [0.25, 0.3) is 0 Å². The number of hydrogen-bond acceptors (Lipinski definition) is 2. The van der Waals surface area contributed by atoms with Gasteiger partial charge < -0.3 is 9.97 Å². The van der Waals surface area contributed by atoms with E-state index in [1.807, 2.05) is 36.5 Å². The third-order valence-corrected chi connectivity index (χ3v) is 3.84. The first kappa shape index (κ1) is 12.4. The summed E-state index contributed by atoms with van der Waals surface area (Å²) in [6.45, 7) is 0. The number of H-pyrrole nitrogens is 2. The molecule has 0 aliphatic rings. The molecule has 0 atom stereocenters. The summed E-state index contributed by atoms with van der Waals surface area (Å²) >= 11 is 0. The number of hydrogen-bond donors (Lipinski definition) is 2. The fraction of sp³-hybridized carbons (Fsp3) is 0. The van der Waals surface area contributed by atoms with Crippen molar-refractivity contribution in [3.05, 3.63) is 70.5 Å². The SMILES string of the molecule is N#Cc1ccc2[nH]cc(-c3cc(=O)c4ccccc4[nH]3)c2c1. The van der Waals surface area contributed by atoms with Crippen LogP contribution in [-0.4, -0.2) is 9.97 Å². The maximum Gasteiger partial charge on any atom is 0.190 e. The van der Waals surface area contributed by atoms with Crippen LogP contribution < -0.4 is 5.43 Å². The Balaban J connectivity index is 2.03. The monoisotopic (exact) mass is 285 g/mol. The van der Waals surface area contributed by atoms with Crippen molar-refractivity contribution in [2.45, 2.75) is 0 Å². The number of benzene rings is 2. The minimum Gasteiger partial charge on any atom is -0.360 e. The van der Waals surface area contributed by atoms with Gasteiger partial charge in [0.15, 0.2) is 5.43 Å². The lowest BCUT2D eigenvalue weighted by Gasteiger charge is -2.03. The van der Waals surface area contributed by atoms with Crippen LogP contribution in [0.15, 0.2) is 59.5 Å². The maximum atomic E-state index is 12.3. The molecule has 0 aliphatic heterocycles. The van der Waals surface area contributed by atoms with Crippen molar-refractivity contribution in [3.8, 4) is 17.3 Å². The predicted octanol–water partition coefficient (Wildman–Crippen LogP) is 3.55. The van der Waals surface area contributed by atoms with E-state index in [1.165, 1.54) is 0 Å². The van der Waals surface area contributed by atoms with Gasteiger partial charge in [-0.25, -0.2) is 0 Å². The lowest BCUT2D eigenvalue weighted by atomic mass is 10.1. The molecule has 0 aliphatic carbocycles. The average molecular weight is 285 g/mol. The highest BCUT2D eigenvalue weighted by Crippen LogP contribution is 2.28. The van der Waals surface area contributed by atoms with E-state index in [2.05, 4.69) is 16.0 Å². The summed E-state index contributed by atoms with van der Waals surface area (Å²) in [6, 6.07) is 16.6. The van der Waals surface area contributed by atoms with Gasteiger partial charge in [-0.2, -0.15) is 5.26 Å². The molecule has 4 aromatic rings. The Morgan fingerprint density at radius 3 is 2.68 bits per heavy atom. The Kier molecular flexibility index (Phi) is 2.60. The minimum atomic E-state index is -0.0184. The molecule has 4 rings (SSSR count). The number of rotatable bonds is 1. The highest BCUT2D eigenvalue weighted by Gasteiger charge is 2.09. The molecule has 0 spiro atoms. The van der Waals surface area contributed by atoms with Crippen molar-refractivity contribution in [3.63, 3.8) is 0 Å². The first-order chi connectivity index (χ1) is 10.8. The van der Waals surface area contributed by atoms with Gasteiger partial charge in [0.05, 0.1) is 17.3 Å². The predicted molar refractivity (Wildman–Crippen MR) is 86.6 cm³/mol. The molecule has 4 nitrogen and oxygen atoms in total. The van der Waals surface area contributed by atoms with E-state index in [0.717, 1.165) is 27.7 Å². The number of para-hydroxylation sites is 1. The van der Waals surface area contributed by atoms with Gasteiger partial charge >= 0.3 is 0 Å². The molecule has 0 bridgehead atoms. The molecule has 0 unspecified atom stereocenters. The minimum absolute atomic E-state index is 0.0184. The smallest absolute Gasteiger partial charge is 0.190 e. The van der Waals surface area contributed by atoms with Crippen molar-refractivity contribution in [2.24, 2.45) is 0 Å². The second-order valence-corrected chi connectivity index (χ2v) is 5.17. The fourth-order valence-electron chi connectivity index (χ4n) is 2.76. The third-order valence-electron chi connectivity index (χ3n) is 3.84. The molecule has 0 radical (unpaired) electrons. The van der Waals surface area contributed by atoms with Gasteiger partial charge in [-0.15, -0.1) is 0 Å². The molecule has 2 aromatic carbocycles. The zero-order valence-electron chi connectivity index (χ0n) is 11.6. The molecule has 2 aromatic heterocycles. The Hall–Kier alpha value is -3.32. The first-order valence-electron chi connectivity index (χ1n) is 6.90. The standard InChI is InChI=1S/C18H11N3O/c19-9-11-5-6-15-13(7-11)14(10-20-15)17-8-18(22)12-3-1-2-4-16(12)21-17/h1-8,10,20H,(H,21,22). The van der Waals surface area contributed by atoms with E-state index in [9.17, 15) is 4.79 Å². The zero-order chi connectivity index (χ0) is 15.1. The van der Waals surface area contributed by atoms with Crippen LogP contribution in [0.3, 0.4) is 0 Å². The molecule has 0 saturated heterocycles. The van der Waals surface area contributed by atoms with Crippen LogP contribution in [0, 0.1) is 11.3 Å². The topological polar surface area (TPSA) is 72.4 Å². The average Bonchev–Trinajstić information content (AvgIpc) is 2.97. The van der Waals surface area contributed by atoms with E-state index in [0.29, 0.717) is 10.9 Å². The molecule has 0 fully saturated rings. The third kappa shape index (κ3) is 1.80. The van der Waals surface area contributed by atoms with Gasteiger partial charge in [0, 0.05) is 39.6 Å². The van der Waals surface area contributed by atoms with Crippen LogP contribution in [0.4, 0.5) is 0 Å². The van der Waals surface area contributed by atoms with Crippen molar-refractivity contribution in [2.75, 3.05) is 0 Å². The summed E-state index contributed by atoms with van der Waals surface area (Å²) in [4.78, 5) is 18.7. The molecular weight excluding hydrogens is 274 g/mol. The van der Waals surface area contributed by atoms with E-state index in [1.54, 1.807) is 18.2 Å². The van der Waals surface area contributed by atoms with Crippen LogP contribution in [0.2, 0.25) is 0 Å². The Morgan fingerprint density at radius 1 is 0.955 bits per heavy atom. The van der Waals surface area contributed by atoms with E-state index >= 15 is 0 Å². The number of aromatic amines is 2. The van der Waals surface area contributed by atoms with Crippen LogP contribution in [-0.2, 0) is 0 Å². The molecular formula is C18H11N3O. The van der Waals surface area contributed by atoms with Gasteiger partial charge in [-0.1, -0.05) is 12.1 Å². The molecule has 0 saturated carbocycles. The lowest BCUT2D eigenvalue weighted by Crippen LogP contribution is -2.02. The number of nitrogens with zero attached hydrogens (tertiary/aromatic N) is 1. The Labute approximate surface area is 125 Å². The van der Waals surface area contributed by atoms with Crippen LogP contribution in [0.25, 0.3) is 33.1 Å². The molecule has 2 N–H and O–H groups in total. The van der Waals surface area contributed by atoms with Crippen LogP contribution in [0.5, 0.6) is 0 Å². The van der Waals surface area contributed by atoms with Gasteiger partial charge in [-0.05, 0) is 30.3 Å². The molecule has 4 heteroatoms. The van der Waals surface area contributed by atoms with Crippen LogP contribution in [0.1, 0.15) is 5.56 Å². The van der Waals surface area contributed by atoms with Gasteiger partial charge in [-0.3, -0.25) is 4.79 Å². The van der Waals surface area contributed by atoms with Crippen LogP contribution >= 0.6 is 0 Å². The molecule has 0 amide bonds. The van der Waals surface area contributed by atoms with E-state index in [4.69, 9.17) is 5.26 Å². The zero-order valence-corrected chi connectivity index (χ0v) is 11.6. The number of nitriles is 1. The Bertz CT molecular complexity index is 1110. The summed E-state index contributed by atoms with van der Waals surface area (Å²) in [5.41, 5.74) is 3.94. The maximum absolute atomic E-state index is 12.3. The summed E-state index contributed by atoms with van der Waals surface area (Å²) in [7, 11) is 0. The quantitative estimate of drug-likeness (QED) is 0.561. The van der Waals surface area contributed by atoms with Gasteiger partial charge in [0.1, 0.15) is 0 Å². The number of aromatic nitrogens is 2. The number of fused-ring (bicyclic) bond motifs is 2. The molecule has 104 valence electrons.